The van der Waals surface area contributed by atoms with Crippen LogP contribution >= 0.6 is 11.6 Å². The third kappa shape index (κ3) is 6.82. The number of aliphatic imine (C=N–C) groups is 1. The standard InChI is InChI=1S/C13H14ClN3O.C11H16/c1-7-5-11(6-15-13(7)16-10(4)14)12-8(2)17-18-9(12)3;1-3-10(2)9-11-7-5-4-6-8-11/h5-6H,1-4H3;4-8,10H,3,9H2,1-2H3. The minimum absolute atomic E-state index is 0.468. The van der Waals surface area contributed by atoms with E-state index < -0.39 is 0 Å². The summed E-state index contributed by atoms with van der Waals surface area (Å²) in [5, 5.41) is 4.41. The van der Waals surface area contributed by atoms with Gasteiger partial charge < -0.3 is 4.52 Å². The van der Waals surface area contributed by atoms with Gasteiger partial charge in [-0.1, -0.05) is 67.4 Å². The minimum Gasteiger partial charge on any atom is -0.361 e. The van der Waals surface area contributed by atoms with Crippen molar-refractivity contribution in [2.75, 3.05) is 0 Å². The van der Waals surface area contributed by atoms with Gasteiger partial charge in [-0.3, -0.25) is 0 Å². The number of hydrogen-bond acceptors (Lipinski definition) is 4. The number of nitrogens with zero attached hydrogens (tertiary/aromatic N) is 3. The molecule has 5 heteroatoms. The van der Waals surface area contributed by atoms with Crippen LogP contribution in [0.1, 0.15) is 49.8 Å². The fraction of sp³-hybridized carbons (Fsp3) is 0.375. The summed E-state index contributed by atoms with van der Waals surface area (Å²) < 4.78 is 5.16. The molecule has 0 radical (unpaired) electrons. The van der Waals surface area contributed by atoms with Crippen molar-refractivity contribution in [2.45, 2.75) is 54.4 Å². The number of pyridine rings is 1. The Morgan fingerprint density at radius 1 is 1.17 bits per heavy atom. The zero-order chi connectivity index (χ0) is 21.4. The third-order valence-corrected chi connectivity index (χ3v) is 4.84. The van der Waals surface area contributed by atoms with E-state index in [-0.39, 0.29) is 0 Å². The molecule has 0 spiro atoms. The third-order valence-electron chi connectivity index (χ3n) is 4.76. The number of hydrogen-bond donors (Lipinski definition) is 0. The maximum absolute atomic E-state index is 5.76. The van der Waals surface area contributed by atoms with Gasteiger partial charge in [-0.2, -0.15) is 0 Å². The predicted octanol–water partition coefficient (Wildman–Crippen LogP) is 7.23. The van der Waals surface area contributed by atoms with Crippen molar-refractivity contribution in [1.29, 1.82) is 0 Å². The molecule has 4 nitrogen and oxygen atoms in total. The number of benzene rings is 1. The van der Waals surface area contributed by atoms with Gasteiger partial charge in [-0.25, -0.2) is 9.98 Å². The molecule has 2 heterocycles. The summed E-state index contributed by atoms with van der Waals surface area (Å²) in [6.45, 7) is 12.0. The molecule has 0 bridgehead atoms. The minimum atomic E-state index is 0.468. The molecule has 0 saturated heterocycles. The zero-order valence-electron chi connectivity index (χ0n) is 18.2. The second-order valence-corrected chi connectivity index (χ2v) is 7.92. The molecule has 0 aliphatic rings. The Kier molecular flexibility index (Phi) is 8.59. The van der Waals surface area contributed by atoms with Gasteiger partial charge in [-0.15, -0.1) is 0 Å². The summed E-state index contributed by atoms with van der Waals surface area (Å²) in [7, 11) is 0. The first-order valence-electron chi connectivity index (χ1n) is 9.96. The van der Waals surface area contributed by atoms with E-state index in [9.17, 15) is 0 Å². The van der Waals surface area contributed by atoms with E-state index >= 15 is 0 Å². The lowest BCUT2D eigenvalue weighted by Gasteiger charge is -2.06. The summed E-state index contributed by atoms with van der Waals surface area (Å²) in [5.74, 6) is 2.24. The quantitative estimate of drug-likeness (QED) is 0.416. The molecule has 1 atom stereocenters. The molecule has 0 saturated carbocycles. The van der Waals surface area contributed by atoms with Crippen molar-refractivity contribution in [3.05, 3.63) is 65.2 Å². The topological polar surface area (TPSA) is 51.3 Å². The highest BCUT2D eigenvalue weighted by Gasteiger charge is 2.13. The molecule has 2 aromatic heterocycles. The summed E-state index contributed by atoms with van der Waals surface area (Å²) in [6, 6.07) is 12.7. The summed E-state index contributed by atoms with van der Waals surface area (Å²) >= 11 is 5.76. The average Bonchev–Trinajstić information content (AvgIpc) is 3.02. The molecule has 3 rings (SSSR count). The van der Waals surface area contributed by atoms with Crippen molar-refractivity contribution in [3.63, 3.8) is 0 Å². The van der Waals surface area contributed by atoms with E-state index in [2.05, 4.69) is 59.3 Å². The van der Waals surface area contributed by atoms with Crippen LogP contribution in [0.15, 0.2) is 52.1 Å². The maximum atomic E-state index is 5.76. The van der Waals surface area contributed by atoms with Crippen LogP contribution in [-0.4, -0.2) is 15.3 Å². The van der Waals surface area contributed by atoms with Crippen LogP contribution in [0, 0.1) is 26.7 Å². The lowest BCUT2D eigenvalue weighted by molar-refractivity contribution is 0.393. The molecule has 154 valence electrons. The van der Waals surface area contributed by atoms with Gasteiger partial charge in [0.2, 0.25) is 0 Å². The number of rotatable bonds is 5. The van der Waals surface area contributed by atoms with Gasteiger partial charge in [0.25, 0.3) is 0 Å². The molecule has 0 amide bonds. The van der Waals surface area contributed by atoms with E-state index in [4.69, 9.17) is 16.1 Å². The first kappa shape index (κ1) is 22.8. The van der Waals surface area contributed by atoms with Gasteiger partial charge in [-0.05, 0) is 57.2 Å². The normalized spacial score (nSPS) is 12.3. The first-order valence-corrected chi connectivity index (χ1v) is 10.3. The molecule has 29 heavy (non-hydrogen) atoms. The fourth-order valence-corrected chi connectivity index (χ4v) is 3.10. The Bertz CT molecular complexity index is 925. The highest BCUT2D eigenvalue weighted by atomic mass is 35.5. The monoisotopic (exact) mass is 411 g/mol. The van der Waals surface area contributed by atoms with Crippen LogP contribution < -0.4 is 0 Å². The van der Waals surface area contributed by atoms with Crippen LogP contribution in [-0.2, 0) is 6.42 Å². The second kappa shape index (κ2) is 10.9. The number of aromatic nitrogens is 2. The van der Waals surface area contributed by atoms with Gasteiger partial charge in [0.15, 0.2) is 5.82 Å². The van der Waals surface area contributed by atoms with Crippen LogP contribution in [0.25, 0.3) is 11.1 Å². The summed E-state index contributed by atoms with van der Waals surface area (Å²) in [5.41, 5.74) is 5.26. The predicted molar refractivity (Wildman–Crippen MR) is 122 cm³/mol. The number of aryl methyl sites for hydroxylation is 3. The van der Waals surface area contributed by atoms with E-state index in [1.54, 1.807) is 13.1 Å². The van der Waals surface area contributed by atoms with Crippen molar-refractivity contribution < 1.29 is 4.52 Å². The molecule has 1 aromatic carbocycles. The Hall–Kier alpha value is -2.46. The van der Waals surface area contributed by atoms with Gasteiger partial charge in [0.1, 0.15) is 10.9 Å². The molecule has 3 aromatic rings. The Morgan fingerprint density at radius 3 is 2.38 bits per heavy atom. The molecular formula is C24H30ClN3O. The molecular weight excluding hydrogens is 382 g/mol. The Labute approximate surface area is 179 Å². The van der Waals surface area contributed by atoms with Crippen LogP contribution in [0.4, 0.5) is 5.82 Å². The Morgan fingerprint density at radius 2 is 1.86 bits per heavy atom. The molecule has 0 aliphatic carbocycles. The smallest absolute Gasteiger partial charge is 0.156 e. The highest BCUT2D eigenvalue weighted by Crippen LogP contribution is 2.29. The van der Waals surface area contributed by atoms with E-state index in [0.29, 0.717) is 11.0 Å². The molecule has 0 N–H and O–H groups in total. The summed E-state index contributed by atoms with van der Waals surface area (Å²) in [6.07, 6.45) is 4.25. The van der Waals surface area contributed by atoms with Crippen LogP contribution in [0.3, 0.4) is 0 Å². The van der Waals surface area contributed by atoms with Crippen molar-refractivity contribution in [2.24, 2.45) is 10.9 Å². The SMILES string of the molecule is CC(Cl)=Nc1ncc(-c2c(C)noc2C)cc1C.CCC(C)Cc1ccccc1. The largest absolute Gasteiger partial charge is 0.361 e. The average molecular weight is 412 g/mol. The fourth-order valence-electron chi connectivity index (χ4n) is 3.02. The van der Waals surface area contributed by atoms with Crippen molar-refractivity contribution >= 4 is 22.6 Å². The van der Waals surface area contributed by atoms with Crippen molar-refractivity contribution in [1.82, 2.24) is 10.1 Å². The lowest BCUT2D eigenvalue weighted by Crippen LogP contribution is -1.96. The maximum Gasteiger partial charge on any atom is 0.156 e. The van der Waals surface area contributed by atoms with Gasteiger partial charge in [0.05, 0.1) is 5.69 Å². The highest BCUT2D eigenvalue weighted by molar-refractivity contribution is 6.65. The zero-order valence-corrected chi connectivity index (χ0v) is 18.9. The van der Waals surface area contributed by atoms with E-state index in [1.807, 2.05) is 26.8 Å². The molecule has 0 fully saturated rings. The molecule has 0 aliphatic heterocycles. The van der Waals surface area contributed by atoms with Gasteiger partial charge >= 0.3 is 0 Å². The van der Waals surface area contributed by atoms with E-state index in [0.717, 1.165) is 34.1 Å². The second-order valence-electron chi connectivity index (χ2n) is 7.38. The van der Waals surface area contributed by atoms with E-state index in [1.165, 1.54) is 18.4 Å². The first-order chi connectivity index (χ1) is 13.8. The van der Waals surface area contributed by atoms with Crippen LogP contribution in [0.5, 0.6) is 0 Å². The number of halogens is 1. The van der Waals surface area contributed by atoms with Crippen LogP contribution in [0.2, 0.25) is 0 Å². The van der Waals surface area contributed by atoms with Gasteiger partial charge in [0, 0.05) is 17.3 Å². The van der Waals surface area contributed by atoms with Crippen molar-refractivity contribution in [3.8, 4) is 11.1 Å². The summed E-state index contributed by atoms with van der Waals surface area (Å²) in [4.78, 5) is 8.47. The Balaban J connectivity index is 0.000000234. The molecule has 1 unspecified atom stereocenters. The lowest BCUT2D eigenvalue weighted by atomic mass is 9.99.